The van der Waals surface area contributed by atoms with Gasteiger partial charge in [0.15, 0.2) is 5.82 Å². The van der Waals surface area contributed by atoms with Gasteiger partial charge in [-0.05, 0) is 37.2 Å². The van der Waals surface area contributed by atoms with Gasteiger partial charge in [0.25, 0.3) is 0 Å². The van der Waals surface area contributed by atoms with E-state index < -0.39 is 0 Å². The molecular weight excluding hydrogens is 362 g/mol. The van der Waals surface area contributed by atoms with E-state index in [9.17, 15) is 0 Å². The molecular formula is C20H20ClN5O. The number of nitrogens with one attached hydrogen (secondary N) is 1. The minimum Gasteiger partial charge on any atom is -0.341 e. The number of hydrogen-bond donors (Lipinski definition) is 1. The average molecular weight is 382 g/mol. The number of fused-ring (bicyclic) bond motifs is 1. The van der Waals surface area contributed by atoms with E-state index in [1.807, 2.05) is 43.4 Å². The summed E-state index contributed by atoms with van der Waals surface area (Å²) in [6.45, 7) is 1.21. The lowest BCUT2D eigenvalue weighted by Crippen LogP contribution is -2.18. The molecule has 2 aromatic carbocycles. The zero-order chi connectivity index (χ0) is 18.6. The summed E-state index contributed by atoms with van der Waals surface area (Å²) in [5.74, 6) is 2.22. The van der Waals surface area contributed by atoms with E-state index in [1.54, 1.807) is 0 Å². The van der Waals surface area contributed by atoms with Gasteiger partial charge < -0.3 is 9.51 Å². The molecule has 0 bridgehead atoms. The molecule has 0 atom stereocenters. The second kappa shape index (κ2) is 7.90. The molecule has 0 saturated carbocycles. The largest absolute Gasteiger partial charge is 0.341 e. The molecule has 0 aliphatic heterocycles. The Kier molecular flexibility index (Phi) is 5.18. The normalized spacial score (nSPS) is 11.5. The fourth-order valence-corrected chi connectivity index (χ4v) is 3.18. The first-order valence-electron chi connectivity index (χ1n) is 8.84. The van der Waals surface area contributed by atoms with Crippen molar-refractivity contribution in [2.45, 2.75) is 25.9 Å². The SMILES string of the molecule is CN(Cc1nc2ccc(Cl)cc2[nH]1)Cc1nc(CCc2ccccc2)no1. The number of imidazole rings is 1. The molecule has 27 heavy (non-hydrogen) atoms. The number of aryl methyl sites for hydroxylation is 2. The zero-order valence-electron chi connectivity index (χ0n) is 15.0. The number of aromatic amines is 1. The highest BCUT2D eigenvalue weighted by Gasteiger charge is 2.12. The van der Waals surface area contributed by atoms with Crippen LogP contribution in [0, 0.1) is 0 Å². The van der Waals surface area contributed by atoms with Crippen molar-refractivity contribution in [3.8, 4) is 0 Å². The van der Waals surface area contributed by atoms with Gasteiger partial charge in [-0.25, -0.2) is 4.98 Å². The Balaban J connectivity index is 1.33. The summed E-state index contributed by atoms with van der Waals surface area (Å²) < 4.78 is 5.39. The van der Waals surface area contributed by atoms with Crippen molar-refractivity contribution >= 4 is 22.6 Å². The maximum Gasteiger partial charge on any atom is 0.240 e. The lowest BCUT2D eigenvalue weighted by atomic mass is 10.1. The molecule has 138 valence electrons. The molecule has 6 nitrogen and oxygen atoms in total. The summed E-state index contributed by atoms with van der Waals surface area (Å²) in [5.41, 5.74) is 3.11. The molecule has 0 aliphatic carbocycles. The van der Waals surface area contributed by atoms with Crippen molar-refractivity contribution in [1.29, 1.82) is 0 Å². The highest BCUT2D eigenvalue weighted by Crippen LogP contribution is 2.18. The summed E-state index contributed by atoms with van der Waals surface area (Å²) in [5, 5.41) is 4.78. The van der Waals surface area contributed by atoms with Crippen molar-refractivity contribution in [3.63, 3.8) is 0 Å². The number of nitrogens with zero attached hydrogens (tertiary/aromatic N) is 4. The fourth-order valence-electron chi connectivity index (χ4n) is 3.01. The topological polar surface area (TPSA) is 70.8 Å². The number of rotatable bonds is 7. The monoisotopic (exact) mass is 381 g/mol. The quantitative estimate of drug-likeness (QED) is 0.523. The third-order valence-electron chi connectivity index (χ3n) is 4.31. The van der Waals surface area contributed by atoms with E-state index in [0.29, 0.717) is 24.0 Å². The van der Waals surface area contributed by atoms with Gasteiger partial charge in [-0.15, -0.1) is 0 Å². The first-order valence-corrected chi connectivity index (χ1v) is 9.21. The van der Waals surface area contributed by atoms with Crippen molar-refractivity contribution in [2.24, 2.45) is 0 Å². The van der Waals surface area contributed by atoms with Gasteiger partial charge in [-0.1, -0.05) is 47.1 Å². The van der Waals surface area contributed by atoms with Gasteiger partial charge in [0.1, 0.15) is 5.82 Å². The molecule has 0 fully saturated rings. The van der Waals surface area contributed by atoms with Crippen molar-refractivity contribution < 1.29 is 4.52 Å². The van der Waals surface area contributed by atoms with Crippen LogP contribution in [0.5, 0.6) is 0 Å². The van der Waals surface area contributed by atoms with Gasteiger partial charge in [-0.2, -0.15) is 4.98 Å². The second-order valence-corrected chi connectivity index (χ2v) is 7.04. The van der Waals surface area contributed by atoms with Crippen LogP contribution in [0.15, 0.2) is 53.1 Å². The Labute approximate surface area is 162 Å². The van der Waals surface area contributed by atoms with Gasteiger partial charge in [-0.3, -0.25) is 4.90 Å². The lowest BCUT2D eigenvalue weighted by molar-refractivity contribution is 0.256. The van der Waals surface area contributed by atoms with Crippen LogP contribution in [0.25, 0.3) is 11.0 Å². The Morgan fingerprint density at radius 3 is 2.74 bits per heavy atom. The van der Waals surface area contributed by atoms with Crippen LogP contribution in [-0.4, -0.2) is 32.1 Å². The third-order valence-corrected chi connectivity index (χ3v) is 4.54. The number of hydrogen-bond acceptors (Lipinski definition) is 5. The summed E-state index contributed by atoms with van der Waals surface area (Å²) >= 11 is 6.02. The first kappa shape index (κ1) is 17.7. The molecule has 7 heteroatoms. The van der Waals surface area contributed by atoms with Crippen LogP contribution in [0.4, 0.5) is 0 Å². The predicted octanol–water partition coefficient (Wildman–Crippen LogP) is 4.02. The minimum atomic E-state index is 0.566. The fraction of sp³-hybridized carbons (Fsp3) is 0.250. The first-order chi connectivity index (χ1) is 13.2. The maximum absolute atomic E-state index is 6.02. The number of benzene rings is 2. The molecule has 4 rings (SSSR count). The van der Waals surface area contributed by atoms with Crippen molar-refractivity contribution in [2.75, 3.05) is 7.05 Å². The van der Waals surface area contributed by atoms with Crippen molar-refractivity contribution in [1.82, 2.24) is 25.0 Å². The van der Waals surface area contributed by atoms with E-state index >= 15 is 0 Å². The Morgan fingerprint density at radius 1 is 1.04 bits per heavy atom. The molecule has 0 radical (unpaired) electrons. The molecule has 0 saturated heterocycles. The van der Waals surface area contributed by atoms with E-state index in [-0.39, 0.29) is 0 Å². The second-order valence-electron chi connectivity index (χ2n) is 6.61. The van der Waals surface area contributed by atoms with Gasteiger partial charge in [0.05, 0.1) is 24.1 Å². The van der Waals surface area contributed by atoms with Gasteiger partial charge in [0, 0.05) is 11.4 Å². The Bertz CT molecular complexity index is 1030. The molecule has 0 unspecified atom stereocenters. The predicted molar refractivity (Wildman–Crippen MR) is 104 cm³/mol. The smallest absolute Gasteiger partial charge is 0.240 e. The Hall–Kier alpha value is -2.70. The molecule has 4 aromatic rings. The third kappa shape index (κ3) is 4.53. The Morgan fingerprint density at radius 2 is 1.89 bits per heavy atom. The number of aromatic nitrogens is 4. The van der Waals surface area contributed by atoms with Crippen LogP contribution < -0.4 is 0 Å². The standard InChI is InChI=1S/C20H20ClN5O/c1-26(12-19-22-16-9-8-15(21)11-17(16)23-19)13-20-24-18(25-27-20)10-7-14-5-3-2-4-6-14/h2-6,8-9,11H,7,10,12-13H2,1H3,(H,22,23). The minimum absolute atomic E-state index is 0.566. The highest BCUT2D eigenvalue weighted by molar-refractivity contribution is 6.31. The maximum atomic E-state index is 6.02. The number of H-pyrrole nitrogens is 1. The molecule has 2 heterocycles. The van der Waals surface area contributed by atoms with Crippen molar-refractivity contribution in [3.05, 3.63) is 76.7 Å². The molecule has 0 spiro atoms. The molecule has 2 aromatic heterocycles. The van der Waals surface area contributed by atoms with Crippen LogP contribution in [0.1, 0.15) is 23.1 Å². The van der Waals surface area contributed by atoms with E-state index in [4.69, 9.17) is 16.1 Å². The highest BCUT2D eigenvalue weighted by atomic mass is 35.5. The van der Waals surface area contributed by atoms with Crippen LogP contribution in [-0.2, 0) is 25.9 Å². The lowest BCUT2D eigenvalue weighted by Gasteiger charge is -2.11. The van der Waals surface area contributed by atoms with Crippen LogP contribution >= 0.6 is 11.6 Å². The van der Waals surface area contributed by atoms with Crippen LogP contribution in [0.3, 0.4) is 0 Å². The zero-order valence-corrected chi connectivity index (χ0v) is 15.8. The van der Waals surface area contributed by atoms with Crippen LogP contribution in [0.2, 0.25) is 5.02 Å². The molecule has 0 amide bonds. The van der Waals surface area contributed by atoms with E-state index in [2.05, 4.69) is 37.1 Å². The average Bonchev–Trinajstić information content (AvgIpc) is 3.26. The summed E-state index contributed by atoms with van der Waals surface area (Å²) in [6.07, 6.45) is 1.67. The van der Waals surface area contributed by atoms with Gasteiger partial charge >= 0.3 is 0 Å². The summed E-state index contributed by atoms with van der Waals surface area (Å²) in [7, 11) is 1.99. The molecule has 1 N–H and O–H groups in total. The summed E-state index contributed by atoms with van der Waals surface area (Å²) in [4.78, 5) is 14.4. The molecule has 0 aliphatic rings. The summed E-state index contributed by atoms with van der Waals surface area (Å²) in [6, 6.07) is 15.9. The number of halogens is 1. The van der Waals surface area contributed by atoms with E-state index in [0.717, 1.165) is 35.5 Å². The van der Waals surface area contributed by atoms with E-state index in [1.165, 1.54) is 5.56 Å². The van der Waals surface area contributed by atoms with Gasteiger partial charge in [0.2, 0.25) is 5.89 Å².